The van der Waals surface area contributed by atoms with Crippen molar-refractivity contribution in [3.63, 3.8) is 0 Å². The lowest BCUT2D eigenvalue weighted by Crippen LogP contribution is -2.24. The molecule has 1 amide bonds. The molecular weight excluding hydrogens is 328 g/mol. The Bertz CT molecular complexity index is 920. The summed E-state index contributed by atoms with van der Waals surface area (Å²) in [6.45, 7) is 1.42. The molecule has 122 valence electrons. The molecule has 0 spiro atoms. The van der Waals surface area contributed by atoms with Gasteiger partial charge in [0.25, 0.3) is 5.91 Å². The van der Waals surface area contributed by atoms with E-state index in [1.165, 1.54) is 0 Å². The largest absolute Gasteiger partial charge is 0.486 e. The van der Waals surface area contributed by atoms with Crippen molar-refractivity contribution >= 4 is 28.4 Å². The molecule has 2 N–H and O–H groups in total. The molecule has 0 radical (unpaired) electrons. The van der Waals surface area contributed by atoms with Gasteiger partial charge in [0.15, 0.2) is 11.5 Å². The smallest absolute Gasteiger partial charge is 0.267 e. The Morgan fingerprint density at radius 1 is 1.17 bits per heavy atom. The third kappa shape index (κ3) is 2.78. The average Bonchev–Trinajstić information content (AvgIpc) is 3.03. The van der Waals surface area contributed by atoms with Crippen LogP contribution in [0.5, 0.6) is 11.5 Å². The molecule has 0 fully saturated rings. The molecule has 6 heteroatoms. The number of carbonyl (C=O) groups excluding carboxylic acids is 1. The van der Waals surface area contributed by atoms with Crippen molar-refractivity contribution in [2.24, 2.45) is 0 Å². The lowest BCUT2D eigenvalue weighted by Gasteiger charge is -2.21. The Morgan fingerprint density at radius 3 is 2.96 bits per heavy atom. The Hall–Kier alpha value is -2.66. The van der Waals surface area contributed by atoms with Gasteiger partial charge in [-0.3, -0.25) is 4.79 Å². The number of amides is 1. The third-order valence-electron chi connectivity index (χ3n) is 3.92. The maximum Gasteiger partial charge on any atom is 0.267 e. The number of aromatic amines is 1. The molecule has 0 saturated carbocycles. The first-order chi connectivity index (χ1) is 11.7. The minimum atomic E-state index is -0.184. The summed E-state index contributed by atoms with van der Waals surface area (Å²) < 4.78 is 11.2. The third-order valence-corrected chi connectivity index (χ3v) is 4.15. The van der Waals surface area contributed by atoms with Crippen molar-refractivity contribution in [1.29, 1.82) is 0 Å². The lowest BCUT2D eigenvalue weighted by atomic mass is 10.1. The zero-order valence-electron chi connectivity index (χ0n) is 12.8. The Balaban J connectivity index is 1.52. The number of para-hydroxylation sites is 1. The Morgan fingerprint density at radius 2 is 2.04 bits per heavy atom. The number of carbonyl (C=O) groups is 1. The van der Waals surface area contributed by atoms with Crippen molar-refractivity contribution in [2.75, 3.05) is 13.2 Å². The van der Waals surface area contributed by atoms with E-state index >= 15 is 0 Å². The first-order valence-corrected chi connectivity index (χ1v) is 8.02. The van der Waals surface area contributed by atoms with Crippen molar-refractivity contribution in [2.45, 2.75) is 6.54 Å². The molecule has 0 aliphatic carbocycles. The highest BCUT2D eigenvalue weighted by Crippen LogP contribution is 2.33. The van der Waals surface area contributed by atoms with Gasteiger partial charge in [-0.25, -0.2) is 0 Å². The van der Waals surface area contributed by atoms with Crippen LogP contribution in [0.2, 0.25) is 5.02 Å². The van der Waals surface area contributed by atoms with E-state index < -0.39 is 0 Å². The summed E-state index contributed by atoms with van der Waals surface area (Å²) in [7, 11) is 0. The summed E-state index contributed by atoms with van der Waals surface area (Å²) in [5.41, 5.74) is 2.22. The van der Waals surface area contributed by atoms with Crippen LogP contribution in [0.15, 0.2) is 42.5 Å². The van der Waals surface area contributed by atoms with Gasteiger partial charge in [-0.2, -0.15) is 0 Å². The Labute approximate surface area is 143 Å². The maximum atomic E-state index is 12.4. The van der Waals surface area contributed by atoms with Gasteiger partial charge < -0.3 is 19.8 Å². The molecule has 0 bridgehead atoms. The number of aromatic nitrogens is 1. The summed E-state index contributed by atoms with van der Waals surface area (Å²) in [4.78, 5) is 15.5. The van der Waals surface area contributed by atoms with Gasteiger partial charge in [-0.15, -0.1) is 0 Å². The first kappa shape index (κ1) is 14.9. The molecule has 5 nitrogen and oxygen atoms in total. The standard InChI is InChI=1S/C18H15ClN2O3/c19-13-5-4-11-8-15(21-14(11)9-13)18(22)20-10-12-2-1-3-16-17(12)24-7-6-23-16/h1-5,8-9,21H,6-7,10H2,(H,20,22). The normalized spacial score (nSPS) is 13.0. The summed E-state index contributed by atoms with van der Waals surface area (Å²) in [5, 5.41) is 4.47. The van der Waals surface area contributed by atoms with Gasteiger partial charge in [0.05, 0.1) is 0 Å². The minimum Gasteiger partial charge on any atom is -0.486 e. The molecule has 0 saturated heterocycles. The Kier molecular flexibility index (Phi) is 3.78. The molecule has 0 atom stereocenters. The van der Waals surface area contributed by atoms with Crippen LogP contribution in [0.25, 0.3) is 10.9 Å². The number of ether oxygens (including phenoxy) is 2. The van der Waals surface area contributed by atoms with Gasteiger partial charge in [-0.05, 0) is 24.3 Å². The number of nitrogens with one attached hydrogen (secondary N) is 2. The van der Waals surface area contributed by atoms with Crippen molar-refractivity contribution in [3.05, 3.63) is 58.7 Å². The van der Waals surface area contributed by atoms with Crippen LogP contribution >= 0.6 is 11.6 Å². The van der Waals surface area contributed by atoms with Gasteiger partial charge in [0.1, 0.15) is 18.9 Å². The second-order valence-corrected chi connectivity index (χ2v) is 5.98. The number of hydrogen-bond donors (Lipinski definition) is 2. The van der Waals surface area contributed by atoms with Crippen molar-refractivity contribution in [3.8, 4) is 11.5 Å². The lowest BCUT2D eigenvalue weighted by molar-refractivity contribution is 0.0945. The molecule has 0 unspecified atom stereocenters. The summed E-state index contributed by atoms with van der Waals surface area (Å²) >= 11 is 5.97. The SMILES string of the molecule is O=C(NCc1cccc2c1OCCO2)c1cc2ccc(Cl)cc2[nH]1. The van der Waals surface area contributed by atoms with Crippen LogP contribution in [0, 0.1) is 0 Å². The minimum absolute atomic E-state index is 0.184. The monoisotopic (exact) mass is 342 g/mol. The number of rotatable bonds is 3. The molecule has 2 aromatic carbocycles. The van der Waals surface area contributed by atoms with Crippen LogP contribution in [0.3, 0.4) is 0 Å². The second kappa shape index (κ2) is 6.09. The zero-order valence-corrected chi connectivity index (χ0v) is 13.5. The van der Waals surface area contributed by atoms with E-state index in [2.05, 4.69) is 10.3 Å². The van der Waals surface area contributed by atoms with Gasteiger partial charge in [0, 0.05) is 28.0 Å². The maximum absolute atomic E-state index is 12.4. The van der Waals surface area contributed by atoms with E-state index in [1.807, 2.05) is 24.3 Å². The van der Waals surface area contributed by atoms with Crippen LogP contribution in [0.1, 0.15) is 16.1 Å². The van der Waals surface area contributed by atoms with Crippen LogP contribution in [-0.2, 0) is 6.54 Å². The highest BCUT2D eigenvalue weighted by Gasteiger charge is 2.16. The average molecular weight is 343 g/mol. The quantitative estimate of drug-likeness (QED) is 0.765. The highest BCUT2D eigenvalue weighted by molar-refractivity contribution is 6.31. The van der Waals surface area contributed by atoms with Crippen molar-refractivity contribution < 1.29 is 14.3 Å². The molecule has 1 aromatic heterocycles. The summed E-state index contributed by atoms with van der Waals surface area (Å²) in [5.74, 6) is 1.23. The summed E-state index contributed by atoms with van der Waals surface area (Å²) in [6, 6.07) is 12.9. The molecular formula is C18H15ClN2O3. The number of hydrogen-bond acceptors (Lipinski definition) is 3. The van der Waals surface area contributed by atoms with Gasteiger partial charge in [0.2, 0.25) is 0 Å². The van der Waals surface area contributed by atoms with E-state index in [9.17, 15) is 4.79 Å². The van der Waals surface area contributed by atoms with E-state index in [0.29, 0.717) is 42.0 Å². The molecule has 1 aliphatic rings. The van der Waals surface area contributed by atoms with Gasteiger partial charge >= 0.3 is 0 Å². The topological polar surface area (TPSA) is 63.4 Å². The van der Waals surface area contributed by atoms with E-state index in [-0.39, 0.29) is 5.91 Å². The van der Waals surface area contributed by atoms with Crippen molar-refractivity contribution in [1.82, 2.24) is 10.3 Å². The zero-order chi connectivity index (χ0) is 16.5. The molecule has 1 aliphatic heterocycles. The molecule has 24 heavy (non-hydrogen) atoms. The second-order valence-electron chi connectivity index (χ2n) is 5.54. The van der Waals surface area contributed by atoms with Gasteiger partial charge in [-0.1, -0.05) is 29.8 Å². The van der Waals surface area contributed by atoms with E-state index in [0.717, 1.165) is 16.5 Å². The van der Waals surface area contributed by atoms with Crippen LogP contribution in [0.4, 0.5) is 0 Å². The summed E-state index contributed by atoms with van der Waals surface area (Å²) in [6.07, 6.45) is 0. The number of benzene rings is 2. The van der Waals surface area contributed by atoms with Crippen LogP contribution in [-0.4, -0.2) is 24.1 Å². The number of halogens is 1. The van der Waals surface area contributed by atoms with E-state index in [4.69, 9.17) is 21.1 Å². The van der Waals surface area contributed by atoms with Crippen LogP contribution < -0.4 is 14.8 Å². The van der Waals surface area contributed by atoms with E-state index in [1.54, 1.807) is 18.2 Å². The fourth-order valence-corrected chi connectivity index (χ4v) is 2.94. The fourth-order valence-electron chi connectivity index (χ4n) is 2.77. The predicted molar refractivity (Wildman–Crippen MR) is 91.9 cm³/mol. The molecule has 4 rings (SSSR count). The fraction of sp³-hybridized carbons (Fsp3) is 0.167. The molecule has 2 heterocycles. The first-order valence-electron chi connectivity index (χ1n) is 7.65. The number of H-pyrrole nitrogens is 1. The predicted octanol–water partition coefficient (Wildman–Crippen LogP) is 3.52. The number of fused-ring (bicyclic) bond motifs is 2. The molecule has 3 aromatic rings. The highest BCUT2D eigenvalue weighted by atomic mass is 35.5.